The van der Waals surface area contributed by atoms with Crippen LogP contribution in [0.1, 0.15) is 49.7 Å². The van der Waals surface area contributed by atoms with Crippen molar-refractivity contribution in [2.75, 3.05) is 0 Å². The molecule has 0 N–H and O–H groups in total. The van der Waals surface area contributed by atoms with Crippen molar-refractivity contribution in [3.8, 4) is 0 Å². The predicted octanol–water partition coefficient (Wildman–Crippen LogP) is 3.98. The fourth-order valence-electron chi connectivity index (χ4n) is 2.73. The molecule has 1 aliphatic carbocycles. The van der Waals surface area contributed by atoms with E-state index in [9.17, 15) is 0 Å². The Bertz CT molecular complexity index is 315. The average molecular weight is 224 g/mol. The lowest BCUT2D eigenvalue weighted by atomic mass is 9.78. The van der Waals surface area contributed by atoms with Crippen molar-refractivity contribution in [1.29, 1.82) is 0 Å². The molecular formula is C14H20Cl+. The largest absolute Gasteiger partial charge is 0.229 e. The number of benzene rings is 1. The van der Waals surface area contributed by atoms with Gasteiger partial charge in [-0.15, -0.1) is 0 Å². The Morgan fingerprint density at radius 2 is 1.80 bits per heavy atom. The molecule has 1 fully saturated rings. The maximum absolute atomic E-state index is 5.45. The first-order chi connectivity index (χ1) is 7.18. The van der Waals surface area contributed by atoms with E-state index >= 15 is 0 Å². The Labute approximate surface area is 97.6 Å². The van der Waals surface area contributed by atoms with Crippen LogP contribution in [0, 0.1) is 24.4 Å². The molecule has 0 atom stereocenters. The zero-order valence-electron chi connectivity index (χ0n) is 9.62. The summed E-state index contributed by atoms with van der Waals surface area (Å²) in [6, 6.07) is 6.35. The Morgan fingerprint density at radius 1 is 1.13 bits per heavy atom. The number of halogens is 1. The first-order valence-corrected chi connectivity index (χ1v) is 6.36. The van der Waals surface area contributed by atoms with Crippen molar-refractivity contribution < 1.29 is 11.6 Å². The van der Waals surface area contributed by atoms with Gasteiger partial charge in [0.1, 0.15) is 0 Å². The van der Waals surface area contributed by atoms with E-state index in [1.807, 2.05) is 0 Å². The summed E-state index contributed by atoms with van der Waals surface area (Å²) in [5, 5.41) is 1.08. The van der Waals surface area contributed by atoms with E-state index in [4.69, 9.17) is 11.6 Å². The van der Waals surface area contributed by atoms with Crippen molar-refractivity contribution in [2.45, 2.75) is 45.4 Å². The van der Waals surface area contributed by atoms with Gasteiger partial charge in [0, 0.05) is 11.6 Å². The van der Waals surface area contributed by atoms with Crippen molar-refractivity contribution in [3.05, 3.63) is 34.3 Å². The van der Waals surface area contributed by atoms with Crippen LogP contribution >= 0.6 is 0 Å². The molecule has 15 heavy (non-hydrogen) atoms. The third-order valence-corrected chi connectivity index (χ3v) is 4.06. The molecule has 1 aromatic carbocycles. The molecule has 1 aliphatic rings. The highest BCUT2D eigenvalue weighted by atomic mass is 35.5. The first kappa shape index (κ1) is 11.0. The lowest BCUT2D eigenvalue weighted by Crippen LogP contribution is -2.12. The minimum Gasteiger partial charge on any atom is -0.0625 e. The van der Waals surface area contributed by atoms with Crippen LogP contribution < -0.4 is 0 Å². The maximum Gasteiger partial charge on any atom is 0.229 e. The summed E-state index contributed by atoms with van der Waals surface area (Å²) < 4.78 is 0. The van der Waals surface area contributed by atoms with Gasteiger partial charge in [-0.1, -0.05) is 31.9 Å². The Morgan fingerprint density at radius 3 is 2.40 bits per heavy atom. The zero-order chi connectivity index (χ0) is 10.8. The van der Waals surface area contributed by atoms with Crippen LogP contribution in [-0.4, -0.2) is 0 Å². The molecule has 1 heteroatoms. The van der Waals surface area contributed by atoms with Gasteiger partial charge in [-0.25, -0.2) is 0 Å². The predicted molar refractivity (Wildman–Crippen MR) is 62.1 cm³/mol. The minimum absolute atomic E-state index is 0.731. The highest BCUT2D eigenvalue weighted by molar-refractivity contribution is 5.34. The van der Waals surface area contributed by atoms with Gasteiger partial charge >= 0.3 is 0 Å². The van der Waals surface area contributed by atoms with Crippen molar-refractivity contribution in [3.63, 3.8) is 0 Å². The van der Waals surface area contributed by atoms with E-state index in [-0.39, 0.29) is 0 Å². The highest BCUT2D eigenvalue weighted by Gasteiger charge is 2.24. The van der Waals surface area contributed by atoms with Gasteiger partial charge in [0.15, 0.2) is 11.6 Å². The van der Waals surface area contributed by atoms with Crippen molar-refractivity contribution in [2.24, 2.45) is 5.92 Å². The fraction of sp³-hybridized carbons (Fsp3) is 0.571. The molecule has 0 radical (unpaired) electrons. The monoisotopic (exact) mass is 223 g/mol. The average Bonchev–Trinajstić information content (AvgIpc) is 2.20. The maximum atomic E-state index is 5.45. The zero-order valence-corrected chi connectivity index (χ0v) is 10.4. The SMILES string of the molecule is Cc1cccc([ClH+])c1C1CCC(C)CC1. The molecule has 2 rings (SSSR count). The molecule has 0 aliphatic heterocycles. The molecule has 0 spiro atoms. The van der Waals surface area contributed by atoms with Gasteiger partial charge in [0.25, 0.3) is 0 Å². The first-order valence-electron chi connectivity index (χ1n) is 5.95. The van der Waals surface area contributed by atoms with Crippen LogP contribution in [0.5, 0.6) is 0 Å². The van der Waals surface area contributed by atoms with E-state index < -0.39 is 0 Å². The number of hydrogen-bond donors (Lipinski definition) is 0. The van der Waals surface area contributed by atoms with Gasteiger partial charge in [-0.05, 0) is 37.2 Å². The summed E-state index contributed by atoms with van der Waals surface area (Å²) in [7, 11) is 0. The summed E-state index contributed by atoms with van der Waals surface area (Å²) in [4.78, 5) is 0. The molecule has 0 bridgehead atoms. The minimum atomic E-state index is 0.731. The van der Waals surface area contributed by atoms with Gasteiger partial charge in [-0.3, -0.25) is 0 Å². The standard InChI is InChI=1S/C14H20Cl/c1-10-6-8-12(9-7-10)14-11(2)4-3-5-13(14)15/h3-5,10,12,15H,6-9H2,1-2H3/q+1. The summed E-state index contributed by atoms with van der Waals surface area (Å²) in [6.07, 6.45) is 5.40. The van der Waals surface area contributed by atoms with Crippen molar-refractivity contribution >= 4 is 0 Å². The van der Waals surface area contributed by atoms with E-state index in [1.165, 1.54) is 36.8 Å². The number of hydrogen-bond acceptors (Lipinski definition) is 0. The molecule has 0 aromatic heterocycles. The third-order valence-electron chi connectivity index (χ3n) is 3.71. The normalized spacial score (nSPS) is 26.6. The second kappa shape index (κ2) is 4.57. The number of aryl methyl sites for hydroxylation is 1. The second-order valence-electron chi connectivity index (χ2n) is 4.94. The molecule has 0 saturated heterocycles. The Kier molecular flexibility index (Phi) is 3.35. The summed E-state index contributed by atoms with van der Waals surface area (Å²) >= 11 is 5.45. The second-order valence-corrected chi connectivity index (χ2v) is 5.38. The molecule has 0 heterocycles. The summed E-state index contributed by atoms with van der Waals surface area (Å²) in [5.74, 6) is 1.65. The molecule has 0 nitrogen and oxygen atoms in total. The quantitative estimate of drug-likeness (QED) is 0.676. The van der Waals surface area contributed by atoms with Crippen LogP contribution in [0.25, 0.3) is 0 Å². The van der Waals surface area contributed by atoms with Crippen LogP contribution in [0.2, 0.25) is 5.02 Å². The van der Waals surface area contributed by atoms with Gasteiger partial charge < -0.3 is 0 Å². The van der Waals surface area contributed by atoms with Crippen LogP contribution in [0.15, 0.2) is 18.2 Å². The molecule has 0 unspecified atom stereocenters. The fourth-order valence-corrected chi connectivity index (χ4v) is 3.13. The topological polar surface area (TPSA) is 0 Å². The summed E-state index contributed by atoms with van der Waals surface area (Å²) in [5.41, 5.74) is 2.85. The van der Waals surface area contributed by atoms with Crippen LogP contribution in [0.4, 0.5) is 0 Å². The van der Waals surface area contributed by atoms with E-state index in [0.717, 1.165) is 16.9 Å². The Balaban J connectivity index is 2.22. The number of rotatable bonds is 1. The highest BCUT2D eigenvalue weighted by Crippen LogP contribution is 2.38. The van der Waals surface area contributed by atoms with Gasteiger partial charge in [0.2, 0.25) is 5.02 Å². The van der Waals surface area contributed by atoms with Gasteiger partial charge in [-0.2, -0.15) is 0 Å². The Hall–Kier alpha value is -0.490. The summed E-state index contributed by atoms with van der Waals surface area (Å²) in [6.45, 7) is 4.56. The molecule has 1 saturated carbocycles. The van der Waals surface area contributed by atoms with E-state index in [1.54, 1.807) is 0 Å². The van der Waals surface area contributed by atoms with E-state index in [0.29, 0.717) is 0 Å². The van der Waals surface area contributed by atoms with Crippen molar-refractivity contribution in [1.82, 2.24) is 0 Å². The molecule has 0 amide bonds. The third kappa shape index (κ3) is 2.36. The van der Waals surface area contributed by atoms with Crippen LogP contribution in [-0.2, 0) is 0 Å². The molecule has 1 aromatic rings. The van der Waals surface area contributed by atoms with Gasteiger partial charge in [0.05, 0.1) is 0 Å². The lowest BCUT2D eigenvalue weighted by Gasteiger charge is -2.26. The molecular weight excluding hydrogens is 204 g/mol. The smallest absolute Gasteiger partial charge is 0.0625 e. The molecule has 82 valence electrons. The lowest BCUT2D eigenvalue weighted by molar-refractivity contribution is -0.290. The van der Waals surface area contributed by atoms with Crippen LogP contribution in [0.3, 0.4) is 0 Å². The van der Waals surface area contributed by atoms with E-state index in [2.05, 4.69) is 32.0 Å².